The van der Waals surface area contributed by atoms with E-state index in [1.54, 1.807) is 0 Å². The molecule has 0 atom stereocenters. The molecular formula is C18H17NO. The van der Waals surface area contributed by atoms with Crippen LogP contribution in [0, 0.1) is 6.92 Å². The summed E-state index contributed by atoms with van der Waals surface area (Å²) in [7, 11) is 0. The van der Waals surface area contributed by atoms with Crippen molar-refractivity contribution < 1.29 is 4.42 Å². The summed E-state index contributed by atoms with van der Waals surface area (Å²) in [6.45, 7) is 2.00. The highest BCUT2D eigenvalue weighted by molar-refractivity contribution is 5.59. The number of aromatic nitrogens is 1. The standard InChI is InChI=1S/C18H17NO/c1-14-18(16-10-6-3-7-11-16)20-17(19-14)13-12-15-8-4-2-5-9-15/h2-11H,12-13H2,1H3. The molecule has 0 fully saturated rings. The first kappa shape index (κ1) is 12.7. The first-order valence-electron chi connectivity index (χ1n) is 6.88. The average Bonchev–Trinajstić information content (AvgIpc) is 2.88. The zero-order valence-electron chi connectivity index (χ0n) is 11.5. The van der Waals surface area contributed by atoms with Crippen LogP contribution in [0.3, 0.4) is 0 Å². The Morgan fingerprint density at radius 2 is 1.50 bits per heavy atom. The van der Waals surface area contributed by atoms with E-state index in [0.29, 0.717) is 0 Å². The van der Waals surface area contributed by atoms with Crippen molar-refractivity contribution in [1.29, 1.82) is 0 Å². The van der Waals surface area contributed by atoms with Crippen molar-refractivity contribution in [3.05, 3.63) is 77.8 Å². The summed E-state index contributed by atoms with van der Waals surface area (Å²) >= 11 is 0. The van der Waals surface area contributed by atoms with Crippen molar-refractivity contribution >= 4 is 0 Å². The largest absolute Gasteiger partial charge is 0.440 e. The first-order chi connectivity index (χ1) is 9.83. The molecule has 0 bridgehead atoms. The van der Waals surface area contributed by atoms with Crippen LogP contribution in [0.15, 0.2) is 65.1 Å². The fourth-order valence-corrected chi connectivity index (χ4v) is 2.31. The Morgan fingerprint density at radius 1 is 0.850 bits per heavy atom. The van der Waals surface area contributed by atoms with Crippen LogP contribution in [0.25, 0.3) is 11.3 Å². The van der Waals surface area contributed by atoms with E-state index in [1.165, 1.54) is 5.56 Å². The molecule has 0 saturated carbocycles. The van der Waals surface area contributed by atoms with Crippen molar-refractivity contribution in [3.8, 4) is 11.3 Å². The molecule has 0 N–H and O–H groups in total. The zero-order valence-corrected chi connectivity index (χ0v) is 11.5. The third-order valence-corrected chi connectivity index (χ3v) is 3.35. The summed E-state index contributed by atoms with van der Waals surface area (Å²) in [4.78, 5) is 4.54. The molecule has 0 saturated heterocycles. The Morgan fingerprint density at radius 3 is 2.20 bits per heavy atom. The average molecular weight is 263 g/mol. The predicted octanol–water partition coefficient (Wildman–Crippen LogP) is 4.44. The van der Waals surface area contributed by atoms with Crippen LogP contribution < -0.4 is 0 Å². The van der Waals surface area contributed by atoms with E-state index in [4.69, 9.17) is 4.42 Å². The summed E-state index contributed by atoms with van der Waals surface area (Å²) in [6.07, 6.45) is 1.78. The smallest absolute Gasteiger partial charge is 0.195 e. The highest BCUT2D eigenvalue weighted by Gasteiger charge is 2.11. The van der Waals surface area contributed by atoms with Gasteiger partial charge in [-0.15, -0.1) is 0 Å². The van der Waals surface area contributed by atoms with Crippen LogP contribution in [0.4, 0.5) is 0 Å². The summed E-state index contributed by atoms with van der Waals surface area (Å²) in [5.41, 5.74) is 3.35. The molecule has 0 spiro atoms. The fraction of sp³-hybridized carbons (Fsp3) is 0.167. The molecular weight excluding hydrogens is 246 g/mol. The molecule has 0 amide bonds. The van der Waals surface area contributed by atoms with E-state index in [1.807, 2.05) is 31.2 Å². The Labute approximate surface area is 119 Å². The molecule has 0 aliphatic carbocycles. The second-order valence-electron chi connectivity index (χ2n) is 4.87. The topological polar surface area (TPSA) is 26.0 Å². The highest BCUT2D eigenvalue weighted by atomic mass is 16.4. The lowest BCUT2D eigenvalue weighted by atomic mass is 10.1. The Balaban J connectivity index is 1.76. The van der Waals surface area contributed by atoms with E-state index >= 15 is 0 Å². The lowest BCUT2D eigenvalue weighted by Gasteiger charge is -1.98. The van der Waals surface area contributed by atoms with Gasteiger partial charge in [-0.25, -0.2) is 4.98 Å². The van der Waals surface area contributed by atoms with Crippen LogP contribution in [0.1, 0.15) is 17.1 Å². The van der Waals surface area contributed by atoms with Gasteiger partial charge in [-0.05, 0) is 18.9 Å². The van der Waals surface area contributed by atoms with E-state index in [0.717, 1.165) is 35.7 Å². The van der Waals surface area contributed by atoms with E-state index in [2.05, 4.69) is 41.4 Å². The monoisotopic (exact) mass is 263 g/mol. The van der Waals surface area contributed by atoms with Gasteiger partial charge in [0.1, 0.15) is 0 Å². The molecule has 0 aliphatic rings. The number of oxazole rings is 1. The van der Waals surface area contributed by atoms with Crippen molar-refractivity contribution in [3.63, 3.8) is 0 Å². The van der Waals surface area contributed by atoms with Gasteiger partial charge in [0.05, 0.1) is 5.69 Å². The van der Waals surface area contributed by atoms with Gasteiger partial charge >= 0.3 is 0 Å². The Hall–Kier alpha value is -2.35. The third kappa shape index (κ3) is 2.80. The first-order valence-corrected chi connectivity index (χ1v) is 6.88. The van der Waals surface area contributed by atoms with Crippen LogP contribution in [-0.2, 0) is 12.8 Å². The Bertz CT molecular complexity index is 671. The molecule has 20 heavy (non-hydrogen) atoms. The maximum absolute atomic E-state index is 5.91. The van der Waals surface area contributed by atoms with Gasteiger partial charge in [0.2, 0.25) is 0 Å². The fourth-order valence-electron chi connectivity index (χ4n) is 2.31. The summed E-state index contributed by atoms with van der Waals surface area (Å²) in [5.74, 6) is 1.69. The maximum atomic E-state index is 5.91. The lowest BCUT2D eigenvalue weighted by molar-refractivity contribution is 0.505. The van der Waals surface area contributed by atoms with Crippen molar-refractivity contribution in [1.82, 2.24) is 4.98 Å². The number of aryl methyl sites for hydroxylation is 3. The summed E-state index contributed by atoms with van der Waals surface area (Å²) in [6, 6.07) is 20.6. The zero-order chi connectivity index (χ0) is 13.8. The molecule has 1 heterocycles. The maximum Gasteiger partial charge on any atom is 0.195 e. The SMILES string of the molecule is Cc1nc(CCc2ccccc2)oc1-c1ccccc1. The number of benzene rings is 2. The van der Waals surface area contributed by atoms with Gasteiger partial charge in [-0.3, -0.25) is 0 Å². The van der Waals surface area contributed by atoms with E-state index in [-0.39, 0.29) is 0 Å². The Kier molecular flexibility index (Phi) is 3.64. The summed E-state index contributed by atoms with van der Waals surface area (Å²) in [5, 5.41) is 0. The van der Waals surface area contributed by atoms with Gasteiger partial charge in [0.25, 0.3) is 0 Å². The van der Waals surface area contributed by atoms with Crippen LogP contribution >= 0.6 is 0 Å². The number of hydrogen-bond acceptors (Lipinski definition) is 2. The molecule has 0 radical (unpaired) electrons. The normalized spacial score (nSPS) is 10.7. The van der Waals surface area contributed by atoms with Crippen molar-refractivity contribution in [2.75, 3.05) is 0 Å². The highest BCUT2D eigenvalue weighted by Crippen LogP contribution is 2.24. The molecule has 2 nitrogen and oxygen atoms in total. The molecule has 3 rings (SSSR count). The molecule has 0 aliphatic heterocycles. The van der Waals surface area contributed by atoms with Crippen LogP contribution in [0.5, 0.6) is 0 Å². The van der Waals surface area contributed by atoms with Gasteiger partial charge in [-0.1, -0.05) is 60.7 Å². The minimum Gasteiger partial charge on any atom is -0.440 e. The molecule has 1 aromatic heterocycles. The predicted molar refractivity (Wildman–Crippen MR) is 80.5 cm³/mol. The minimum absolute atomic E-state index is 0.810. The van der Waals surface area contributed by atoms with Gasteiger partial charge in [0.15, 0.2) is 11.7 Å². The minimum atomic E-state index is 0.810. The second-order valence-corrected chi connectivity index (χ2v) is 4.87. The van der Waals surface area contributed by atoms with Crippen molar-refractivity contribution in [2.45, 2.75) is 19.8 Å². The molecule has 100 valence electrons. The van der Waals surface area contributed by atoms with Gasteiger partial charge in [0, 0.05) is 12.0 Å². The van der Waals surface area contributed by atoms with Crippen LogP contribution in [-0.4, -0.2) is 4.98 Å². The van der Waals surface area contributed by atoms with E-state index < -0.39 is 0 Å². The van der Waals surface area contributed by atoms with Gasteiger partial charge < -0.3 is 4.42 Å². The number of nitrogens with zero attached hydrogens (tertiary/aromatic N) is 1. The van der Waals surface area contributed by atoms with Crippen LogP contribution in [0.2, 0.25) is 0 Å². The van der Waals surface area contributed by atoms with Gasteiger partial charge in [-0.2, -0.15) is 0 Å². The van der Waals surface area contributed by atoms with E-state index in [9.17, 15) is 0 Å². The third-order valence-electron chi connectivity index (χ3n) is 3.35. The lowest BCUT2D eigenvalue weighted by Crippen LogP contribution is -1.90. The molecule has 2 aromatic carbocycles. The quantitative estimate of drug-likeness (QED) is 0.695. The second kappa shape index (κ2) is 5.74. The number of hydrogen-bond donors (Lipinski definition) is 0. The molecule has 3 aromatic rings. The molecule has 0 unspecified atom stereocenters. The van der Waals surface area contributed by atoms with Crippen molar-refractivity contribution in [2.24, 2.45) is 0 Å². The summed E-state index contributed by atoms with van der Waals surface area (Å²) < 4.78 is 5.91. The molecule has 2 heteroatoms. The number of rotatable bonds is 4.